The fourth-order valence-corrected chi connectivity index (χ4v) is 2.11. The third-order valence-corrected chi connectivity index (χ3v) is 2.78. The van der Waals surface area contributed by atoms with Crippen LogP contribution in [0.25, 0.3) is 11.0 Å². The molecule has 0 saturated carbocycles. The quantitative estimate of drug-likeness (QED) is 0.721. The highest BCUT2D eigenvalue weighted by molar-refractivity contribution is 6.35. The average molecular weight is 229 g/mol. The Morgan fingerprint density at radius 1 is 1.43 bits per heavy atom. The van der Waals surface area contributed by atoms with Crippen molar-refractivity contribution in [1.29, 1.82) is 0 Å². The number of rotatable bonds is 2. The summed E-state index contributed by atoms with van der Waals surface area (Å²) in [6, 6.07) is 5.72. The van der Waals surface area contributed by atoms with Gasteiger partial charge in [0.15, 0.2) is 0 Å². The maximum atomic E-state index is 6.11. The highest BCUT2D eigenvalue weighted by atomic mass is 35.5. The first-order chi connectivity index (χ1) is 6.77. The molecular formula is C10H10Cl2N2. The monoisotopic (exact) mass is 228 g/mol. The van der Waals surface area contributed by atoms with Gasteiger partial charge in [-0.3, -0.25) is 0 Å². The topological polar surface area (TPSA) is 17.8 Å². The van der Waals surface area contributed by atoms with Crippen LogP contribution in [-0.4, -0.2) is 9.55 Å². The number of aromatic nitrogens is 2. The van der Waals surface area contributed by atoms with Gasteiger partial charge < -0.3 is 4.57 Å². The number of fused-ring (bicyclic) bond motifs is 1. The normalized spacial score (nSPS) is 11.1. The van der Waals surface area contributed by atoms with E-state index in [-0.39, 0.29) is 0 Å². The number of imidazole rings is 1. The first kappa shape index (κ1) is 9.81. The molecule has 1 aromatic heterocycles. The minimum Gasteiger partial charge on any atom is -0.326 e. The van der Waals surface area contributed by atoms with Crippen LogP contribution in [0.15, 0.2) is 18.2 Å². The molecule has 0 amide bonds. The van der Waals surface area contributed by atoms with Gasteiger partial charge in [-0.05, 0) is 19.1 Å². The SMILES string of the molecule is CCn1c(CCl)nc2cccc(Cl)c21. The summed E-state index contributed by atoms with van der Waals surface area (Å²) >= 11 is 11.9. The Kier molecular flexibility index (Phi) is 2.66. The molecule has 0 aliphatic heterocycles. The van der Waals surface area contributed by atoms with E-state index in [1.54, 1.807) is 0 Å². The maximum absolute atomic E-state index is 6.11. The lowest BCUT2D eigenvalue weighted by Gasteiger charge is -2.03. The molecule has 2 aromatic rings. The standard InChI is InChI=1S/C10H10Cl2N2/c1-2-14-9(6-11)13-8-5-3-4-7(12)10(8)14/h3-5H,2,6H2,1H3. The second-order valence-corrected chi connectivity index (χ2v) is 3.69. The molecule has 0 aliphatic rings. The van der Waals surface area contributed by atoms with Gasteiger partial charge in [0.1, 0.15) is 5.82 Å². The van der Waals surface area contributed by atoms with Crippen molar-refractivity contribution < 1.29 is 0 Å². The van der Waals surface area contributed by atoms with Crippen LogP contribution in [-0.2, 0) is 12.4 Å². The van der Waals surface area contributed by atoms with E-state index in [2.05, 4.69) is 11.9 Å². The second-order valence-electron chi connectivity index (χ2n) is 3.01. The predicted octanol–water partition coefficient (Wildman–Crippen LogP) is 3.45. The zero-order valence-electron chi connectivity index (χ0n) is 7.80. The summed E-state index contributed by atoms with van der Waals surface area (Å²) < 4.78 is 2.05. The van der Waals surface area contributed by atoms with Crippen LogP contribution in [0.3, 0.4) is 0 Å². The maximum Gasteiger partial charge on any atom is 0.124 e. The highest BCUT2D eigenvalue weighted by Crippen LogP contribution is 2.24. The van der Waals surface area contributed by atoms with Crippen LogP contribution in [0.4, 0.5) is 0 Å². The molecule has 0 fully saturated rings. The molecule has 1 aromatic carbocycles. The molecule has 0 radical (unpaired) electrons. The van der Waals surface area contributed by atoms with Crippen molar-refractivity contribution in [3.8, 4) is 0 Å². The lowest BCUT2D eigenvalue weighted by Crippen LogP contribution is -1.99. The van der Waals surface area contributed by atoms with E-state index in [1.165, 1.54) is 0 Å². The van der Waals surface area contributed by atoms with Gasteiger partial charge in [0.25, 0.3) is 0 Å². The molecule has 0 N–H and O–H groups in total. The summed E-state index contributed by atoms with van der Waals surface area (Å²) in [7, 11) is 0. The highest BCUT2D eigenvalue weighted by Gasteiger charge is 2.10. The van der Waals surface area contributed by atoms with Crippen LogP contribution in [0, 0.1) is 0 Å². The molecule has 14 heavy (non-hydrogen) atoms. The zero-order valence-corrected chi connectivity index (χ0v) is 9.31. The average Bonchev–Trinajstić information content (AvgIpc) is 2.56. The first-order valence-electron chi connectivity index (χ1n) is 4.47. The van der Waals surface area contributed by atoms with E-state index in [4.69, 9.17) is 23.2 Å². The fraction of sp³-hybridized carbons (Fsp3) is 0.300. The van der Waals surface area contributed by atoms with Gasteiger partial charge in [-0.15, -0.1) is 11.6 Å². The molecule has 2 rings (SSSR count). The van der Waals surface area contributed by atoms with Gasteiger partial charge in [-0.1, -0.05) is 17.7 Å². The van der Waals surface area contributed by atoms with Crippen molar-refractivity contribution in [3.05, 3.63) is 29.0 Å². The van der Waals surface area contributed by atoms with Crippen molar-refractivity contribution in [1.82, 2.24) is 9.55 Å². The number of hydrogen-bond acceptors (Lipinski definition) is 1. The van der Waals surface area contributed by atoms with Gasteiger partial charge in [0.2, 0.25) is 0 Å². The Morgan fingerprint density at radius 2 is 2.21 bits per heavy atom. The largest absolute Gasteiger partial charge is 0.326 e. The fourth-order valence-electron chi connectivity index (χ4n) is 1.63. The summed E-state index contributed by atoms with van der Waals surface area (Å²) in [6.45, 7) is 2.89. The number of para-hydroxylation sites is 1. The third-order valence-electron chi connectivity index (χ3n) is 2.23. The van der Waals surface area contributed by atoms with Crippen LogP contribution in [0.2, 0.25) is 5.02 Å². The van der Waals surface area contributed by atoms with E-state index in [1.807, 2.05) is 22.8 Å². The molecule has 1 heterocycles. The summed E-state index contributed by atoms with van der Waals surface area (Å²) in [5.74, 6) is 1.29. The van der Waals surface area contributed by atoms with E-state index < -0.39 is 0 Å². The Hall–Kier alpha value is -0.730. The van der Waals surface area contributed by atoms with Crippen molar-refractivity contribution in [2.45, 2.75) is 19.3 Å². The second kappa shape index (κ2) is 3.79. The number of alkyl halides is 1. The molecule has 0 spiro atoms. The molecule has 0 atom stereocenters. The van der Waals surface area contributed by atoms with E-state index >= 15 is 0 Å². The molecule has 0 saturated heterocycles. The van der Waals surface area contributed by atoms with Crippen LogP contribution < -0.4 is 0 Å². The van der Waals surface area contributed by atoms with Crippen LogP contribution in [0.5, 0.6) is 0 Å². The minimum absolute atomic E-state index is 0.416. The molecule has 74 valence electrons. The van der Waals surface area contributed by atoms with Gasteiger partial charge >= 0.3 is 0 Å². The van der Waals surface area contributed by atoms with E-state index in [0.717, 1.165) is 28.4 Å². The Balaban J connectivity index is 2.81. The lowest BCUT2D eigenvalue weighted by molar-refractivity contribution is 0.747. The minimum atomic E-state index is 0.416. The number of halogens is 2. The molecule has 0 unspecified atom stereocenters. The van der Waals surface area contributed by atoms with Gasteiger partial charge in [0.05, 0.1) is 21.9 Å². The third kappa shape index (κ3) is 1.39. The number of aryl methyl sites for hydroxylation is 1. The summed E-state index contributed by atoms with van der Waals surface area (Å²) in [5, 5.41) is 0.730. The lowest BCUT2D eigenvalue weighted by atomic mass is 10.3. The molecule has 4 heteroatoms. The van der Waals surface area contributed by atoms with Crippen molar-refractivity contribution in [2.24, 2.45) is 0 Å². The van der Waals surface area contributed by atoms with Crippen molar-refractivity contribution in [3.63, 3.8) is 0 Å². The predicted molar refractivity (Wildman–Crippen MR) is 60.0 cm³/mol. The van der Waals surface area contributed by atoms with Gasteiger partial charge in [-0.2, -0.15) is 0 Å². The van der Waals surface area contributed by atoms with Gasteiger partial charge in [-0.25, -0.2) is 4.98 Å². The Morgan fingerprint density at radius 3 is 2.86 bits per heavy atom. The van der Waals surface area contributed by atoms with Gasteiger partial charge in [0, 0.05) is 6.54 Å². The summed E-state index contributed by atoms with van der Waals surface area (Å²) in [4.78, 5) is 4.41. The number of hydrogen-bond donors (Lipinski definition) is 0. The number of nitrogens with zero attached hydrogens (tertiary/aromatic N) is 2. The molecule has 0 bridgehead atoms. The molecule has 2 nitrogen and oxygen atoms in total. The smallest absolute Gasteiger partial charge is 0.124 e. The molecular weight excluding hydrogens is 219 g/mol. The van der Waals surface area contributed by atoms with Crippen molar-refractivity contribution >= 4 is 34.2 Å². The van der Waals surface area contributed by atoms with E-state index in [9.17, 15) is 0 Å². The summed E-state index contributed by atoms with van der Waals surface area (Å²) in [6.07, 6.45) is 0. The summed E-state index contributed by atoms with van der Waals surface area (Å²) in [5.41, 5.74) is 1.89. The van der Waals surface area contributed by atoms with E-state index in [0.29, 0.717) is 5.88 Å². The Labute approximate surface area is 92.5 Å². The van der Waals surface area contributed by atoms with Crippen LogP contribution >= 0.6 is 23.2 Å². The number of benzene rings is 1. The molecule has 0 aliphatic carbocycles. The van der Waals surface area contributed by atoms with Crippen molar-refractivity contribution in [2.75, 3.05) is 0 Å². The first-order valence-corrected chi connectivity index (χ1v) is 5.38. The zero-order chi connectivity index (χ0) is 10.1. The Bertz CT molecular complexity index is 462. The van der Waals surface area contributed by atoms with Crippen LogP contribution in [0.1, 0.15) is 12.7 Å².